The van der Waals surface area contributed by atoms with Gasteiger partial charge in [-0.15, -0.1) is 0 Å². The minimum atomic E-state index is 0.707. The monoisotopic (exact) mass is 215 g/mol. The predicted molar refractivity (Wildman–Crippen MR) is 71.1 cm³/mol. The van der Waals surface area contributed by atoms with Gasteiger partial charge in [-0.05, 0) is 50.2 Å². The van der Waals surface area contributed by atoms with Crippen molar-refractivity contribution in [3.05, 3.63) is 35.4 Å². The summed E-state index contributed by atoms with van der Waals surface area (Å²) >= 11 is 0. The van der Waals surface area contributed by atoms with Crippen LogP contribution in [0.1, 0.15) is 45.1 Å². The van der Waals surface area contributed by atoms with E-state index in [9.17, 15) is 0 Å². The zero-order valence-electron chi connectivity index (χ0n) is 10.3. The molecule has 0 amide bonds. The molecule has 1 atom stereocenters. The van der Waals surface area contributed by atoms with Gasteiger partial charge in [0.25, 0.3) is 0 Å². The summed E-state index contributed by atoms with van der Waals surface area (Å²) in [4.78, 5) is 0. The molecule has 2 N–H and O–H groups in total. The summed E-state index contributed by atoms with van der Waals surface area (Å²) in [6, 6.07) is 8.28. The summed E-state index contributed by atoms with van der Waals surface area (Å²) in [6.45, 7) is 4.55. The topological polar surface area (TPSA) is 26.0 Å². The Morgan fingerprint density at radius 3 is 2.75 bits per heavy atom. The van der Waals surface area contributed by atoms with Crippen molar-refractivity contribution >= 4 is 11.3 Å². The number of anilines is 1. The van der Waals surface area contributed by atoms with E-state index >= 15 is 0 Å². The van der Waals surface area contributed by atoms with Crippen LogP contribution in [-0.4, -0.2) is 0 Å². The Bertz CT molecular complexity index is 404. The van der Waals surface area contributed by atoms with Crippen LogP contribution in [0.4, 0.5) is 5.69 Å². The molecule has 0 spiro atoms. The fourth-order valence-electron chi connectivity index (χ4n) is 2.84. The van der Waals surface area contributed by atoms with E-state index in [1.807, 2.05) is 12.1 Å². The number of hydrogen-bond donors (Lipinski definition) is 1. The Hall–Kier alpha value is -1.24. The molecule has 1 aliphatic rings. The molecule has 0 saturated carbocycles. The van der Waals surface area contributed by atoms with Crippen LogP contribution >= 0.6 is 0 Å². The molecule has 0 saturated heterocycles. The smallest absolute Gasteiger partial charge is 0.0390 e. The van der Waals surface area contributed by atoms with Gasteiger partial charge in [-0.1, -0.05) is 30.7 Å². The summed E-state index contributed by atoms with van der Waals surface area (Å²) in [5, 5.41) is 0. The van der Waals surface area contributed by atoms with Crippen molar-refractivity contribution in [1.82, 2.24) is 0 Å². The Balaban J connectivity index is 2.48. The number of nitrogen functional groups attached to an aromatic ring is 1. The molecular formula is C15H21N. The quantitative estimate of drug-likeness (QED) is 0.733. The first-order chi connectivity index (χ1) is 7.74. The maximum Gasteiger partial charge on any atom is 0.0390 e. The minimum Gasteiger partial charge on any atom is -0.398 e. The van der Waals surface area contributed by atoms with E-state index in [2.05, 4.69) is 26.0 Å². The van der Waals surface area contributed by atoms with Crippen LogP contribution in [0.3, 0.4) is 0 Å². The highest BCUT2D eigenvalue weighted by molar-refractivity contribution is 5.78. The molecular weight excluding hydrogens is 194 g/mol. The highest BCUT2D eigenvalue weighted by atomic mass is 14.6. The third kappa shape index (κ3) is 1.99. The largest absolute Gasteiger partial charge is 0.398 e. The van der Waals surface area contributed by atoms with E-state index < -0.39 is 0 Å². The van der Waals surface area contributed by atoms with Crippen molar-refractivity contribution in [3.63, 3.8) is 0 Å². The Kier molecular flexibility index (Phi) is 3.33. The standard InChI is InChI=1S/C15H21N/c1-3-12-8-6-7-11(2)15(12)13-9-4-5-10-14(13)16/h4-5,9-10,12H,3,6-8,16H2,1-2H3. The molecule has 0 aromatic heterocycles. The van der Waals surface area contributed by atoms with Crippen LogP contribution in [0, 0.1) is 5.92 Å². The molecule has 1 nitrogen and oxygen atoms in total. The van der Waals surface area contributed by atoms with Crippen LogP contribution in [0.2, 0.25) is 0 Å². The molecule has 0 fully saturated rings. The van der Waals surface area contributed by atoms with Gasteiger partial charge in [0.05, 0.1) is 0 Å². The van der Waals surface area contributed by atoms with Crippen molar-refractivity contribution in [2.45, 2.75) is 39.5 Å². The molecule has 2 rings (SSSR count). The van der Waals surface area contributed by atoms with Crippen LogP contribution in [0.5, 0.6) is 0 Å². The van der Waals surface area contributed by atoms with Crippen molar-refractivity contribution in [2.75, 3.05) is 5.73 Å². The maximum absolute atomic E-state index is 6.10. The van der Waals surface area contributed by atoms with Gasteiger partial charge in [0.1, 0.15) is 0 Å². The minimum absolute atomic E-state index is 0.707. The normalized spacial score (nSPS) is 21.2. The van der Waals surface area contributed by atoms with E-state index in [1.54, 1.807) is 0 Å². The zero-order valence-corrected chi connectivity index (χ0v) is 10.3. The molecule has 1 heteroatoms. The van der Waals surface area contributed by atoms with Crippen LogP contribution in [0.15, 0.2) is 29.8 Å². The molecule has 1 aliphatic carbocycles. The Morgan fingerprint density at radius 1 is 1.31 bits per heavy atom. The first kappa shape index (κ1) is 11.3. The summed E-state index contributed by atoms with van der Waals surface area (Å²) in [6.07, 6.45) is 5.11. The average Bonchev–Trinajstić information content (AvgIpc) is 2.30. The summed E-state index contributed by atoms with van der Waals surface area (Å²) in [5.41, 5.74) is 11.4. The van der Waals surface area contributed by atoms with Gasteiger partial charge >= 0.3 is 0 Å². The summed E-state index contributed by atoms with van der Waals surface area (Å²) in [7, 11) is 0. The lowest BCUT2D eigenvalue weighted by Gasteiger charge is -2.27. The van der Waals surface area contributed by atoms with Crippen molar-refractivity contribution in [2.24, 2.45) is 5.92 Å². The van der Waals surface area contributed by atoms with E-state index in [4.69, 9.17) is 5.73 Å². The first-order valence-electron chi connectivity index (χ1n) is 6.28. The van der Waals surface area contributed by atoms with E-state index in [0.29, 0.717) is 5.92 Å². The molecule has 0 radical (unpaired) electrons. The van der Waals surface area contributed by atoms with Gasteiger partial charge < -0.3 is 5.73 Å². The number of benzene rings is 1. The Labute approximate surface area is 98.4 Å². The third-order valence-electron chi connectivity index (χ3n) is 3.72. The van der Waals surface area contributed by atoms with E-state index in [0.717, 1.165) is 5.69 Å². The summed E-state index contributed by atoms with van der Waals surface area (Å²) < 4.78 is 0. The highest BCUT2D eigenvalue weighted by Gasteiger charge is 2.21. The maximum atomic E-state index is 6.10. The average molecular weight is 215 g/mol. The number of hydrogen-bond acceptors (Lipinski definition) is 1. The molecule has 86 valence electrons. The van der Waals surface area contributed by atoms with Gasteiger partial charge in [-0.2, -0.15) is 0 Å². The van der Waals surface area contributed by atoms with Crippen LogP contribution < -0.4 is 5.73 Å². The molecule has 0 heterocycles. The van der Waals surface area contributed by atoms with Gasteiger partial charge in [0.15, 0.2) is 0 Å². The van der Waals surface area contributed by atoms with Crippen LogP contribution in [0.25, 0.3) is 5.57 Å². The number of rotatable bonds is 2. The first-order valence-corrected chi connectivity index (χ1v) is 6.28. The van der Waals surface area contributed by atoms with Crippen molar-refractivity contribution < 1.29 is 0 Å². The number of allylic oxidation sites excluding steroid dienone is 2. The second-order valence-electron chi connectivity index (χ2n) is 4.78. The SMILES string of the molecule is CCC1CCCC(C)=C1c1ccccc1N. The number of nitrogens with two attached hydrogens (primary N) is 1. The fourth-order valence-corrected chi connectivity index (χ4v) is 2.84. The zero-order chi connectivity index (χ0) is 11.5. The third-order valence-corrected chi connectivity index (χ3v) is 3.72. The number of para-hydroxylation sites is 1. The highest BCUT2D eigenvalue weighted by Crippen LogP contribution is 2.40. The van der Waals surface area contributed by atoms with Crippen molar-refractivity contribution in [3.8, 4) is 0 Å². The second kappa shape index (κ2) is 4.73. The lowest BCUT2D eigenvalue weighted by molar-refractivity contribution is 0.532. The molecule has 1 aromatic rings. The van der Waals surface area contributed by atoms with E-state index in [-0.39, 0.29) is 0 Å². The lowest BCUT2D eigenvalue weighted by atomic mass is 9.78. The lowest BCUT2D eigenvalue weighted by Crippen LogP contribution is -2.11. The molecule has 0 aliphatic heterocycles. The van der Waals surface area contributed by atoms with Crippen molar-refractivity contribution in [1.29, 1.82) is 0 Å². The molecule has 0 bridgehead atoms. The Morgan fingerprint density at radius 2 is 2.06 bits per heavy atom. The predicted octanol–water partition coefficient (Wildman–Crippen LogP) is 4.25. The van der Waals surface area contributed by atoms with E-state index in [1.165, 1.54) is 42.4 Å². The van der Waals surface area contributed by atoms with Crippen LogP contribution in [-0.2, 0) is 0 Å². The molecule has 1 unspecified atom stereocenters. The summed E-state index contributed by atoms with van der Waals surface area (Å²) in [5.74, 6) is 0.707. The fraction of sp³-hybridized carbons (Fsp3) is 0.467. The second-order valence-corrected chi connectivity index (χ2v) is 4.78. The van der Waals surface area contributed by atoms with Gasteiger partial charge in [-0.25, -0.2) is 0 Å². The van der Waals surface area contributed by atoms with Gasteiger partial charge in [0.2, 0.25) is 0 Å². The van der Waals surface area contributed by atoms with Gasteiger partial charge in [0, 0.05) is 11.3 Å². The van der Waals surface area contributed by atoms with Gasteiger partial charge in [-0.3, -0.25) is 0 Å². The molecule has 16 heavy (non-hydrogen) atoms. The molecule has 1 aromatic carbocycles.